The minimum atomic E-state index is 0.976. The fraction of sp³-hybridized carbons (Fsp3) is 0.667. The van der Waals surface area contributed by atoms with Gasteiger partial charge in [-0.3, -0.25) is 0 Å². The van der Waals surface area contributed by atoms with Crippen LogP contribution in [0.1, 0.15) is 25.3 Å². The number of thiophene rings is 1. The van der Waals surface area contributed by atoms with Crippen LogP contribution >= 0.6 is 27.3 Å². The summed E-state index contributed by atoms with van der Waals surface area (Å²) in [5.74, 6) is 0. The number of hydrogen-bond donors (Lipinski definition) is 1. The zero-order valence-electron chi connectivity index (χ0n) is 10.1. The lowest BCUT2D eigenvalue weighted by atomic mass is 10.3. The van der Waals surface area contributed by atoms with Crippen LogP contribution in [0.5, 0.6) is 0 Å². The molecule has 92 valence electrons. The fourth-order valence-electron chi connectivity index (χ4n) is 1.48. The highest BCUT2D eigenvalue weighted by Gasteiger charge is 1.98. The van der Waals surface area contributed by atoms with Gasteiger partial charge in [0.1, 0.15) is 0 Å². The molecule has 0 saturated carbocycles. The molecule has 1 rings (SSSR count). The van der Waals surface area contributed by atoms with E-state index < -0.39 is 0 Å². The Labute approximate surface area is 111 Å². The zero-order chi connectivity index (χ0) is 11.8. The van der Waals surface area contributed by atoms with Crippen LogP contribution in [0.3, 0.4) is 0 Å². The highest BCUT2D eigenvalue weighted by atomic mass is 79.9. The minimum absolute atomic E-state index is 0.976. The first-order valence-corrected chi connectivity index (χ1v) is 7.51. The first-order chi connectivity index (χ1) is 7.72. The van der Waals surface area contributed by atoms with Crippen molar-refractivity contribution in [1.29, 1.82) is 0 Å². The summed E-state index contributed by atoms with van der Waals surface area (Å²) in [5, 5.41) is 5.66. The molecule has 4 heteroatoms. The molecule has 0 aromatic carbocycles. The highest BCUT2D eigenvalue weighted by Crippen LogP contribution is 2.20. The number of likely N-dealkylation sites (N-methyl/N-ethyl adjacent to an activating group) is 1. The van der Waals surface area contributed by atoms with E-state index in [2.05, 4.69) is 51.6 Å². The van der Waals surface area contributed by atoms with Gasteiger partial charge in [0.05, 0.1) is 3.79 Å². The van der Waals surface area contributed by atoms with Gasteiger partial charge < -0.3 is 10.2 Å². The van der Waals surface area contributed by atoms with E-state index in [0.29, 0.717) is 0 Å². The van der Waals surface area contributed by atoms with Gasteiger partial charge in [-0.15, -0.1) is 11.3 Å². The summed E-state index contributed by atoms with van der Waals surface area (Å²) < 4.78 is 1.21. The van der Waals surface area contributed by atoms with E-state index in [1.54, 1.807) is 11.3 Å². The lowest BCUT2D eigenvalue weighted by Gasteiger charge is -2.16. The van der Waals surface area contributed by atoms with E-state index in [-0.39, 0.29) is 0 Å². The molecule has 0 unspecified atom stereocenters. The van der Waals surface area contributed by atoms with E-state index >= 15 is 0 Å². The van der Waals surface area contributed by atoms with Crippen molar-refractivity contribution in [3.63, 3.8) is 0 Å². The number of nitrogens with zero attached hydrogens (tertiary/aromatic N) is 1. The van der Waals surface area contributed by atoms with E-state index in [1.165, 1.54) is 28.7 Å². The summed E-state index contributed by atoms with van der Waals surface area (Å²) in [7, 11) is 2.19. The van der Waals surface area contributed by atoms with Crippen LogP contribution in [-0.4, -0.2) is 31.6 Å². The van der Waals surface area contributed by atoms with Gasteiger partial charge in [-0.2, -0.15) is 0 Å². The zero-order valence-corrected chi connectivity index (χ0v) is 12.5. The molecule has 1 aromatic heterocycles. The maximum atomic E-state index is 3.48. The van der Waals surface area contributed by atoms with Crippen LogP contribution in [0.4, 0.5) is 0 Å². The Morgan fingerprint density at radius 1 is 1.44 bits per heavy atom. The van der Waals surface area contributed by atoms with Crippen molar-refractivity contribution < 1.29 is 0 Å². The number of halogens is 1. The molecule has 0 aliphatic heterocycles. The first-order valence-electron chi connectivity index (χ1n) is 5.84. The van der Waals surface area contributed by atoms with Gasteiger partial charge >= 0.3 is 0 Å². The van der Waals surface area contributed by atoms with Crippen LogP contribution in [0.2, 0.25) is 0 Å². The van der Waals surface area contributed by atoms with E-state index in [0.717, 1.165) is 19.6 Å². The molecule has 0 aliphatic rings. The van der Waals surface area contributed by atoms with Crippen LogP contribution in [0.25, 0.3) is 0 Å². The lowest BCUT2D eigenvalue weighted by molar-refractivity contribution is 0.325. The third-order valence-corrected chi connectivity index (χ3v) is 4.07. The van der Waals surface area contributed by atoms with E-state index in [9.17, 15) is 0 Å². The van der Waals surface area contributed by atoms with Crippen molar-refractivity contribution in [3.05, 3.63) is 20.8 Å². The van der Waals surface area contributed by atoms with Gasteiger partial charge in [0.25, 0.3) is 0 Å². The van der Waals surface area contributed by atoms with Crippen molar-refractivity contribution >= 4 is 27.3 Å². The maximum absolute atomic E-state index is 3.48. The first kappa shape index (κ1) is 14.2. The van der Waals surface area contributed by atoms with Gasteiger partial charge in [-0.05, 0) is 53.0 Å². The van der Waals surface area contributed by atoms with Crippen molar-refractivity contribution in [1.82, 2.24) is 10.2 Å². The van der Waals surface area contributed by atoms with Gasteiger partial charge in [0, 0.05) is 19.6 Å². The van der Waals surface area contributed by atoms with Gasteiger partial charge in [0.15, 0.2) is 0 Å². The van der Waals surface area contributed by atoms with E-state index in [4.69, 9.17) is 0 Å². The lowest BCUT2D eigenvalue weighted by Crippen LogP contribution is -2.29. The summed E-state index contributed by atoms with van der Waals surface area (Å²) in [6, 6.07) is 2.18. The van der Waals surface area contributed by atoms with Gasteiger partial charge in [0.2, 0.25) is 0 Å². The SMILES string of the molecule is CCCCN(C)CCNCc1csc(Br)c1. The molecule has 0 amide bonds. The van der Waals surface area contributed by atoms with Crippen molar-refractivity contribution in [2.45, 2.75) is 26.3 Å². The van der Waals surface area contributed by atoms with Crippen molar-refractivity contribution in [2.75, 3.05) is 26.7 Å². The highest BCUT2D eigenvalue weighted by molar-refractivity contribution is 9.11. The summed E-state index contributed by atoms with van der Waals surface area (Å²) in [6.45, 7) is 6.62. The number of hydrogen-bond acceptors (Lipinski definition) is 3. The number of rotatable bonds is 8. The Hall–Kier alpha value is 0.100. The topological polar surface area (TPSA) is 15.3 Å². The molecule has 1 aromatic rings. The van der Waals surface area contributed by atoms with E-state index in [1.807, 2.05) is 0 Å². The van der Waals surface area contributed by atoms with Gasteiger partial charge in [-0.25, -0.2) is 0 Å². The maximum Gasteiger partial charge on any atom is 0.0701 e. The predicted molar refractivity (Wildman–Crippen MR) is 76.1 cm³/mol. The normalized spacial score (nSPS) is 11.2. The average molecular weight is 305 g/mol. The second-order valence-corrected chi connectivity index (χ2v) is 6.38. The molecule has 16 heavy (non-hydrogen) atoms. The van der Waals surface area contributed by atoms with Crippen LogP contribution < -0.4 is 5.32 Å². The molecule has 0 fully saturated rings. The predicted octanol–water partition coefficient (Wildman–Crippen LogP) is 3.33. The van der Waals surface area contributed by atoms with Crippen LogP contribution in [0, 0.1) is 0 Å². The molecule has 0 atom stereocenters. The van der Waals surface area contributed by atoms with Crippen LogP contribution in [-0.2, 0) is 6.54 Å². The van der Waals surface area contributed by atoms with Crippen molar-refractivity contribution in [2.24, 2.45) is 0 Å². The fourth-order valence-corrected chi connectivity index (χ4v) is 2.69. The molecule has 0 bridgehead atoms. The molecule has 0 radical (unpaired) electrons. The largest absolute Gasteiger partial charge is 0.311 e. The Morgan fingerprint density at radius 2 is 2.25 bits per heavy atom. The Morgan fingerprint density at radius 3 is 2.88 bits per heavy atom. The molecule has 2 nitrogen and oxygen atoms in total. The summed E-state index contributed by atoms with van der Waals surface area (Å²) in [5.41, 5.74) is 1.37. The minimum Gasteiger partial charge on any atom is -0.311 e. The third kappa shape index (κ3) is 5.99. The standard InChI is InChI=1S/C12H21BrN2S/c1-3-4-6-15(2)7-5-14-9-11-8-12(13)16-10-11/h8,10,14H,3-7,9H2,1-2H3. The molecule has 0 aliphatic carbocycles. The second kappa shape index (κ2) is 8.23. The quantitative estimate of drug-likeness (QED) is 0.741. The third-order valence-electron chi connectivity index (χ3n) is 2.51. The average Bonchev–Trinajstić information content (AvgIpc) is 2.67. The second-order valence-electron chi connectivity index (χ2n) is 4.09. The smallest absolute Gasteiger partial charge is 0.0701 e. The molecule has 1 heterocycles. The molecular weight excluding hydrogens is 284 g/mol. The monoisotopic (exact) mass is 304 g/mol. The summed E-state index contributed by atoms with van der Waals surface area (Å²) in [6.07, 6.45) is 2.58. The summed E-state index contributed by atoms with van der Waals surface area (Å²) >= 11 is 5.22. The Balaban J connectivity index is 2.03. The molecule has 1 N–H and O–H groups in total. The Bertz CT molecular complexity index is 288. The van der Waals surface area contributed by atoms with Gasteiger partial charge in [-0.1, -0.05) is 13.3 Å². The Kier molecular flexibility index (Phi) is 7.28. The molecular formula is C12H21BrN2S. The summed E-state index contributed by atoms with van der Waals surface area (Å²) in [4.78, 5) is 2.39. The van der Waals surface area contributed by atoms with Crippen LogP contribution in [0.15, 0.2) is 15.2 Å². The molecule has 0 saturated heterocycles. The molecule has 0 spiro atoms. The van der Waals surface area contributed by atoms with Crippen molar-refractivity contribution in [3.8, 4) is 0 Å². The number of nitrogens with one attached hydrogen (secondary N) is 1. The number of unbranched alkanes of at least 4 members (excludes halogenated alkanes) is 1.